The smallest absolute Gasteiger partial charge is 0.187 e. The number of ether oxygens (including phenoxy) is 5. The molecule has 0 radical (unpaired) electrons. The molecule has 5 atom stereocenters. The Balaban J connectivity index is 1.49. The van der Waals surface area contributed by atoms with Gasteiger partial charge in [-0.15, -0.1) is 0 Å². The van der Waals surface area contributed by atoms with E-state index in [-0.39, 0.29) is 19.8 Å². The van der Waals surface area contributed by atoms with Crippen LogP contribution in [-0.4, -0.2) is 40.9 Å². The first-order chi connectivity index (χ1) is 20.8. The molecule has 1 fully saturated rings. The summed E-state index contributed by atoms with van der Waals surface area (Å²) >= 11 is 0. The van der Waals surface area contributed by atoms with Crippen molar-refractivity contribution in [2.24, 2.45) is 0 Å². The topological polar surface area (TPSA) is 66.4 Å². The van der Waals surface area contributed by atoms with Crippen LogP contribution in [-0.2, 0) is 50.1 Å². The Labute approximate surface area is 255 Å². The molecule has 0 amide bonds. The fourth-order valence-electron chi connectivity index (χ4n) is 5.65. The molecular weight excluding hydrogens is 540 g/mol. The lowest BCUT2D eigenvalue weighted by Gasteiger charge is -2.61. The summed E-state index contributed by atoms with van der Waals surface area (Å²) in [6.07, 6.45) is -2.00. The lowest BCUT2D eigenvalue weighted by molar-refractivity contribution is -0.412. The molecule has 6 heteroatoms. The van der Waals surface area contributed by atoms with Crippen LogP contribution in [0.5, 0.6) is 0 Å². The van der Waals surface area contributed by atoms with E-state index in [1.165, 1.54) is 0 Å². The number of hydrogen-bond donors (Lipinski definition) is 1. The van der Waals surface area contributed by atoms with Crippen molar-refractivity contribution in [3.05, 3.63) is 144 Å². The average Bonchev–Trinajstić information content (AvgIpc) is 3.05. The number of aliphatic hydroxyl groups excluding tert-OH is 1. The van der Waals surface area contributed by atoms with E-state index >= 15 is 0 Å². The van der Waals surface area contributed by atoms with Crippen molar-refractivity contribution < 1.29 is 28.8 Å². The molecule has 0 bridgehead atoms. The molecule has 1 saturated heterocycles. The van der Waals surface area contributed by atoms with Crippen molar-refractivity contribution in [2.75, 3.05) is 6.61 Å². The molecule has 0 spiro atoms. The zero-order chi connectivity index (χ0) is 30.2. The summed E-state index contributed by atoms with van der Waals surface area (Å²) in [4.78, 5) is 0. The minimum atomic E-state index is -1.32. The van der Waals surface area contributed by atoms with Gasteiger partial charge < -0.3 is 28.8 Å². The molecular formula is C37H42O6. The maximum Gasteiger partial charge on any atom is 0.187 e. The molecule has 6 nitrogen and oxygen atoms in total. The van der Waals surface area contributed by atoms with Crippen LogP contribution in [0.3, 0.4) is 0 Å². The van der Waals surface area contributed by atoms with Crippen LogP contribution in [0.4, 0.5) is 0 Å². The van der Waals surface area contributed by atoms with E-state index < -0.39 is 29.2 Å². The lowest BCUT2D eigenvalue weighted by atomic mass is 9.67. The molecule has 226 valence electrons. The van der Waals surface area contributed by atoms with Crippen LogP contribution >= 0.6 is 0 Å². The van der Waals surface area contributed by atoms with Gasteiger partial charge in [0.15, 0.2) is 6.29 Å². The van der Waals surface area contributed by atoms with E-state index in [2.05, 4.69) is 0 Å². The Morgan fingerprint density at radius 1 is 0.535 bits per heavy atom. The SMILES string of the molecule is C[C@]1(OCc2ccccc2)[C@@](C)(OCc2ccccc2)[C@H](O)O[C@H](COCc2ccccc2)[C@@]1(C)OCc1ccccc1. The third-order valence-electron chi connectivity index (χ3n) is 8.79. The number of hydrogen-bond acceptors (Lipinski definition) is 6. The highest BCUT2D eigenvalue weighted by atomic mass is 16.7. The summed E-state index contributed by atoms with van der Waals surface area (Å²) < 4.78 is 32.9. The number of benzene rings is 4. The Morgan fingerprint density at radius 3 is 1.35 bits per heavy atom. The van der Waals surface area contributed by atoms with E-state index in [0.717, 1.165) is 22.3 Å². The molecule has 43 heavy (non-hydrogen) atoms. The summed E-state index contributed by atoms with van der Waals surface area (Å²) in [5.74, 6) is 0. The molecule has 0 saturated carbocycles. The highest BCUT2D eigenvalue weighted by Crippen LogP contribution is 2.51. The first-order valence-electron chi connectivity index (χ1n) is 14.8. The fourth-order valence-corrected chi connectivity index (χ4v) is 5.65. The molecule has 0 aliphatic carbocycles. The minimum Gasteiger partial charge on any atom is -0.374 e. The summed E-state index contributed by atoms with van der Waals surface area (Å²) in [6.45, 7) is 7.21. The second-order valence-corrected chi connectivity index (χ2v) is 11.5. The predicted molar refractivity (Wildman–Crippen MR) is 166 cm³/mol. The maximum absolute atomic E-state index is 11.7. The van der Waals surface area contributed by atoms with Gasteiger partial charge in [-0.25, -0.2) is 0 Å². The summed E-state index contributed by atoms with van der Waals surface area (Å²) in [6, 6.07) is 39.8. The van der Waals surface area contributed by atoms with Crippen molar-refractivity contribution in [1.29, 1.82) is 0 Å². The molecule has 0 unspecified atom stereocenters. The average molecular weight is 583 g/mol. The van der Waals surface area contributed by atoms with Crippen LogP contribution in [0.25, 0.3) is 0 Å². The zero-order valence-electron chi connectivity index (χ0n) is 25.2. The van der Waals surface area contributed by atoms with E-state index in [1.54, 1.807) is 0 Å². The van der Waals surface area contributed by atoms with E-state index in [9.17, 15) is 5.11 Å². The van der Waals surface area contributed by atoms with Crippen LogP contribution in [0, 0.1) is 0 Å². The van der Waals surface area contributed by atoms with Gasteiger partial charge in [0.05, 0.1) is 33.0 Å². The molecule has 5 rings (SSSR count). The van der Waals surface area contributed by atoms with Gasteiger partial charge in [-0.2, -0.15) is 0 Å². The van der Waals surface area contributed by atoms with E-state index in [1.807, 2.05) is 142 Å². The highest BCUT2D eigenvalue weighted by Gasteiger charge is 2.69. The number of rotatable bonds is 13. The standard InChI is InChI=1S/C37H42O6/c1-35(40-25-30-18-10-5-11-19-30)33(28-39-24-29-16-8-4-9-17-29)43-34(38)36(2,41-26-31-20-12-6-13-21-31)37(35,3)42-27-32-22-14-7-15-23-32/h4-23,33-34,38H,24-28H2,1-3H3/t33-,34-,35-,36+,37-/m1/s1. The second kappa shape index (κ2) is 14.0. The van der Waals surface area contributed by atoms with Gasteiger partial charge in [0.2, 0.25) is 0 Å². The monoisotopic (exact) mass is 582 g/mol. The van der Waals surface area contributed by atoms with Gasteiger partial charge in [-0.05, 0) is 43.0 Å². The van der Waals surface area contributed by atoms with Crippen molar-refractivity contribution >= 4 is 0 Å². The van der Waals surface area contributed by atoms with Crippen molar-refractivity contribution in [2.45, 2.75) is 76.4 Å². The van der Waals surface area contributed by atoms with Gasteiger partial charge in [-0.1, -0.05) is 121 Å². The second-order valence-electron chi connectivity index (χ2n) is 11.5. The lowest BCUT2D eigenvalue weighted by Crippen LogP contribution is -2.79. The summed E-state index contributed by atoms with van der Waals surface area (Å²) in [5.41, 5.74) is 0.399. The molecule has 1 aliphatic rings. The Hall–Kier alpha value is -3.36. The quantitative estimate of drug-likeness (QED) is 0.186. The van der Waals surface area contributed by atoms with Crippen LogP contribution in [0.2, 0.25) is 0 Å². The van der Waals surface area contributed by atoms with Crippen molar-refractivity contribution in [3.8, 4) is 0 Å². The normalized spacial score (nSPS) is 27.2. The van der Waals surface area contributed by atoms with Gasteiger partial charge in [0.25, 0.3) is 0 Å². The maximum atomic E-state index is 11.7. The molecule has 1 aliphatic heterocycles. The van der Waals surface area contributed by atoms with Crippen LogP contribution < -0.4 is 0 Å². The van der Waals surface area contributed by atoms with Gasteiger partial charge in [0, 0.05) is 0 Å². The fraction of sp³-hybridized carbons (Fsp3) is 0.351. The Bertz CT molecular complexity index is 1390. The number of aliphatic hydroxyl groups is 1. The molecule has 0 aromatic heterocycles. The zero-order valence-corrected chi connectivity index (χ0v) is 25.2. The van der Waals surface area contributed by atoms with Gasteiger partial charge in [0.1, 0.15) is 22.9 Å². The third kappa shape index (κ3) is 6.91. The van der Waals surface area contributed by atoms with Crippen molar-refractivity contribution in [3.63, 3.8) is 0 Å². The molecule has 4 aromatic carbocycles. The molecule has 1 heterocycles. The predicted octanol–water partition coefficient (Wildman–Crippen LogP) is 6.85. The van der Waals surface area contributed by atoms with Crippen LogP contribution in [0.1, 0.15) is 43.0 Å². The van der Waals surface area contributed by atoms with Crippen molar-refractivity contribution in [1.82, 2.24) is 0 Å². The summed E-state index contributed by atoms with van der Waals surface area (Å²) in [7, 11) is 0. The Morgan fingerprint density at radius 2 is 0.907 bits per heavy atom. The van der Waals surface area contributed by atoms with Gasteiger partial charge >= 0.3 is 0 Å². The van der Waals surface area contributed by atoms with E-state index in [0.29, 0.717) is 13.2 Å². The van der Waals surface area contributed by atoms with Gasteiger partial charge in [-0.3, -0.25) is 0 Å². The third-order valence-corrected chi connectivity index (χ3v) is 8.79. The highest BCUT2D eigenvalue weighted by molar-refractivity contribution is 5.21. The first-order valence-corrected chi connectivity index (χ1v) is 14.8. The van der Waals surface area contributed by atoms with E-state index in [4.69, 9.17) is 23.7 Å². The molecule has 1 N–H and O–H groups in total. The minimum absolute atomic E-state index is 0.177. The summed E-state index contributed by atoms with van der Waals surface area (Å²) in [5, 5.41) is 11.7. The largest absolute Gasteiger partial charge is 0.374 e. The molecule has 4 aromatic rings. The Kier molecular flexibility index (Phi) is 10.1. The first kappa shape index (κ1) is 31.1. The van der Waals surface area contributed by atoms with Crippen LogP contribution in [0.15, 0.2) is 121 Å².